The summed E-state index contributed by atoms with van der Waals surface area (Å²) in [6.07, 6.45) is 4.39. The second kappa shape index (κ2) is 9.13. The van der Waals surface area contributed by atoms with Crippen LogP contribution in [0.5, 0.6) is 5.75 Å². The fourth-order valence-electron chi connectivity index (χ4n) is 3.45. The molecule has 0 aliphatic carbocycles. The molecule has 2 aromatic carbocycles. The molecule has 0 spiro atoms. The number of nitrogens with zero attached hydrogens (tertiary/aromatic N) is 1. The van der Waals surface area contributed by atoms with Gasteiger partial charge in [-0.1, -0.05) is 30.3 Å². The largest absolute Gasteiger partial charge is 0.508 e. The fraction of sp³-hybridized carbons (Fsp3) is 0.409. The number of rotatable bonds is 6. The Labute approximate surface area is 160 Å². The first-order valence-electron chi connectivity index (χ1n) is 9.36. The van der Waals surface area contributed by atoms with Crippen LogP contribution < -0.4 is 0 Å². The lowest BCUT2D eigenvalue weighted by atomic mass is 9.90. The molecule has 3 rings (SSSR count). The lowest BCUT2D eigenvalue weighted by Crippen LogP contribution is -2.39. The number of phenolic OH excluding ortho intramolecular Hbond substituents is 1. The van der Waals surface area contributed by atoms with E-state index in [1.54, 1.807) is 23.9 Å². The zero-order valence-corrected chi connectivity index (χ0v) is 16.2. The van der Waals surface area contributed by atoms with Gasteiger partial charge < -0.3 is 10.0 Å². The third kappa shape index (κ3) is 5.28. The molecular weight excluding hydrogens is 342 g/mol. The van der Waals surface area contributed by atoms with E-state index >= 15 is 0 Å². The molecule has 0 aromatic heterocycles. The van der Waals surface area contributed by atoms with Crippen molar-refractivity contribution < 1.29 is 9.90 Å². The Balaban J connectivity index is 1.39. The van der Waals surface area contributed by atoms with Gasteiger partial charge in [0.1, 0.15) is 5.75 Å². The maximum atomic E-state index is 12.5. The predicted octanol–water partition coefficient (Wildman–Crippen LogP) is 4.66. The lowest BCUT2D eigenvalue weighted by molar-refractivity contribution is -0.129. The highest BCUT2D eigenvalue weighted by Gasteiger charge is 2.22. The Hall–Kier alpha value is -1.94. The van der Waals surface area contributed by atoms with Gasteiger partial charge in [0.2, 0.25) is 5.91 Å². The fourth-order valence-corrected chi connectivity index (χ4v) is 4.39. The van der Waals surface area contributed by atoms with Crippen LogP contribution in [0.1, 0.15) is 30.4 Å². The number of phenols is 1. The predicted molar refractivity (Wildman–Crippen MR) is 108 cm³/mol. The standard InChI is InChI=1S/C22H27NO2S/c1-17-4-2-3-5-21(17)26-16-22(25)23-14-12-19(13-15-23)7-6-18-8-10-20(24)11-9-18/h2-5,8-11,19,24H,6-7,12-16H2,1H3. The summed E-state index contributed by atoms with van der Waals surface area (Å²) in [6.45, 7) is 3.85. The maximum absolute atomic E-state index is 12.5. The van der Waals surface area contributed by atoms with Crippen molar-refractivity contribution in [2.75, 3.05) is 18.8 Å². The van der Waals surface area contributed by atoms with E-state index in [2.05, 4.69) is 19.1 Å². The van der Waals surface area contributed by atoms with Crippen LogP contribution in [0.25, 0.3) is 0 Å². The highest BCUT2D eigenvalue weighted by molar-refractivity contribution is 8.00. The van der Waals surface area contributed by atoms with E-state index < -0.39 is 0 Å². The van der Waals surface area contributed by atoms with Crippen molar-refractivity contribution in [3.8, 4) is 5.75 Å². The lowest BCUT2D eigenvalue weighted by Gasteiger charge is -2.32. The molecule has 1 aliphatic heterocycles. The van der Waals surface area contributed by atoms with Crippen LogP contribution in [0.4, 0.5) is 0 Å². The van der Waals surface area contributed by atoms with Crippen LogP contribution >= 0.6 is 11.8 Å². The SMILES string of the molecule is Cc1ccccc1SCC(=O)N1CCC(CCc2ccc(O)cc2)CC1. The topological polar surface area (TPSA) is 40.5 Å². The van der Waals surface area contributed by atoms with Crippen molar-refractivity contribution in [2.45, 2.75) is 37.5 Å². The highest BCUT2D eigenvalue weighted by Crippen LogP contribution is 2.25. The number of carbonyl (C=O) groups excluding carboxylic acids is 1. The minimum Gasteiger partial charge on any atom is -0.508 e. The van der Waals surface area contributed by atoms with Gasteiger partial charge in [0.15, 0.2) is 0 Å². The van der Waals surface area contributed by atoms with E-state index in [0.717, 1.165) is 38.8 Å². The molecule has 1 aliphatic rings. The summed E-state index contributed by atoms with van der Waals surface area (Å²) in [5.74, 6) is 1.81. The molecule has 1 fully saturated rings. The summed E-state index contributed by atoms with van der Waals surface area (Å²) in [4.78, 5) is 15.7. The van der Waals surface area contributed by atoms with Crippen molar-refractivity contribution in [1.29, 1.82) is 0 Å². The number of likely N-dealkylation sites (tertiary alicyclic amines) is 1. The first-order chi connectivity index (χ1) is 12.6. The van der Waals surface area contributed by atoms with E-state index in [1.807, 2.05) is 29.2 Å². The van der Waals surface area contributed by atoms with Crippen LogP contribution in [0.2, 0.25) is 0 Å². The molecule has 0 radical (unpaired) electrons. The number of piperidine rings is 1. The summed E-state index contributed by atoms with van der Waals surface area (Å²) >= 11 is 1.65. The average Bonchev–Trinajstić information content (AvgIpc) is 2.67. The molecule has 26 heavy (non-hydrogen) atoms. The molecule has 1 saturated heterocycles. The van der Waals surface area contributed by atoms with E-state index in [0.29, 0.717) is 17.4 Å². The van der Waals surface area contributed by atoms with Crippen LogP contribution in [0.15, 0.2) is 53.4 Å². The molecule has 0 unspecified atom stereocenters. The number of amides is 1. The number of benzene rings is 2. The quantitative estimate of drug-likeness (QED) is 0.753. The number of hydrogen-bond donors (Lipinski definition) is 1. The molecular formula is C22H27NO2S. The smallest absolute Gasteiger partial charge is 0.232 e. The summed E-state index contributed by atoms with van der Waals surface area (Å²) in [5, 5.41) is 9.35. The maximum Gasteiger partial charge on any atom is 0.232 e. The average molecular weight is 370 g/mol. The zero-order chi connectivity index (χ0) is 18.4. The molecule has 4 heteroatoms. The minimum atomic E-state index is 0.259. The number of aromatic hydroxyl groups is 1. The van der Waals surface area contributed by atoms with E-state index in [9.17, 15) is 9.90 Å². The molecule has 0 atom stereocenters. The summed E-state index contributed by atoms with van der Waals surface area (Å²) in [5.41, 5.74) is 2.51. The van der Waals surface area contributed by atoms with Gasteiger partial charge in [-0.3, -0.25) is 4.79 Å². The Kier molecular flexibility index (Phi) is 6.62. The molecule has 1 N–H and O–H groups in total. The third-order valence-electron chi connectivity index (χ3n) is 5.19. The van der Waals surface area contributed by atoms with E-state index in [-0.39, 0.29) is 5.91 Å². The van der Waals surface area contributed by atoms with Crippen LogP contribution in [0, 0.1) is 12.8 Å². The second-order valence-electron chi connectivity index (χ2n) is 7.08. The Morgan fingerprint density at radius 1 is 1.12 bits per heavy atom. The number of hydrogen-bond acceptors (Lipinski definition) is 3. The highest BCUT2D eigenvalue weighted by atomic mass is 32.2. The van der Waals surface area contributed by atoms with Gasteiger partial charge in [-0.05, 0) is 67.9 Å². The monoisotopic (exact) mass is 369 g/mol. The first-order valence-corrected chi connectivity index (χ1v) is 10.3. The van der Waals surface area contributed by atoms with Gasteiger partial charge in [0, 0.05) is 18.0 Å². The van der Waals surface area contributed by atoms with Crippen LogP contribution in [0.3, 0.4) is 0 Å². The zero-order valence-electron chi connectivity index (χ0n) is 15.4. The van der Waals surface area contributed by atoms with Crippen molar-refractivity contribution >= 4 is 17.7 Å². The Morgan fingerprint density at radius 2 is 1.81 bits per heavy atom. The number of carbonyl (C=O) groups is 1. The normalized spacial score (nSPS) is 15.2. The van der Waals surface area contributed by atoms with Gasteiger partial charge in [-0.2, -0.15) is 0 Å². The molecule has 0 saturated carbocycles. The van der Waals surface area contributed by atoms with Gasteiger partial charge in [0.25, 0.3) is 0 Å². The van der Waals surface area contributed by atoms with E-state index in [1.165, 1.54) is 16.0 Å². The summed E-state index contributed by atoms with van der Waals surface area (Å²) < 4.78 is 0. The van der Waals surface area contributed by atoms with E-state index in [4.69, 9.17) is 0 Å². The Morgan fingerprint density at radius 3 is 2.50 bits per heavy atom. The molecule has 3 nitrogen and oxygen atoms in total. The van der Waals surface area contributed by atoms with Crippen molar-refractivity contribution in [1.82, 2.24) is 4.90 Å². The Bertz CT molecular complexity index is 721. The first kappa shape index (κ1) is 18.8. The second-order valence-corrected chi connectivity index (χ2v) is 8.10. The molecule has 2 aromatic rings. The molecule has 138 valence electrons. The molecule has 1 amide bonds. The van der Waals surface area contributed by atoms with Gasteiger partial charge in [-0.15, -0.1) is 11.8 Å². The number of aryl methyl sites for hydroxylation is 2. The number of thioether (sulfide) groups is 1. The van der Waals surface area contributed by atoms with Gasteiger partial charge in [0.05, 0.1) is 5.75 Å². The summed E-state index contributed by atoms with van der Waals surface area (Å²) in [6, 6.07) is 15.7. The van der Waals surface area contributed by atoms with Crippen molar-refractivity contribution in [3.63, 3.8) is 0 Å². The minimum absolute atomic E-state index is 0.259. The molecule has 1 heterocycles. The van der Waals surface area contributed by atoms with Crippen molar-refractivity contribution in [3.05, 3.63) is 59.7 Å². The van der Waals surface area contributed by atoms with Crippen LogP contribution in [-0.4, -0.2) is 34.8 Å². The molecule has 0 bridgehead atoms. The van der Waals surface area contributed by atoms with Crippen molar-refractivity contribution in [2.24, 2.45) is 5.92 Å². The summed E-state index contributed by atoms with van der Waals surface area (Å²) in [7, 11) is 0. The van der Waals surface area contributed by atoms with Crippen LogP contribution in [-0.2, 0) is 11.2 Å². The van der Waals surface area contributed by atoms with Gasteiger partial charge >= 0.3 is 0 Å². The third-order valence-corrected chi connectivity index (χ3v) is 6.35. The van der Waals surface area contributed by atoms with Gasteiger partial charge in [-0.25, -0.2) is 0 Å².